The minimum atomic E-state index is -4.81. The van der Waals surface area contributed by atoms with Crippen molar-refractivity contribution in [1.82, 2.24) is 14.9 Å². The highest BCUT2D eigenvalue weighted by Crippen LogP contribution is 2.45. The Kier molecular flexibility index (Phi) is 5.97. The summed E-state index contributed by atoms with van der Waals surface area (Å²) >= 11 is 0. The highest BCUT2D eigenvalue weighted by molar-refractivity contribution is 5.99. The van der Waals surface area contributed by atoms with Gasteiger partial charge < -0.3 is 10.4 Å². The molecule has 8 nitrogen and oxygen atoms in total. The van der Waals surface area contributed by atoms with Gasteiger partial charge in [0, 0.05) is 18.3 Å². The largest absolute Gasteiger partial charge is 0.411 e. The second-order valence-corrected chi connectivity index (χ2v) is 9.25. The van der Waals surface area contributed by atoms with Gasteiger partial charge in [0.2, 0.25) is 11.3 Å². The fraction of sp³-hybridized carbons (Fsp3) is 0.333. The monoisotopic (exact) mass is 540 g/mol. The molecule has 2 amide bonds. The van der Waals surface area contributed by atoms with Gasteiger partial charge in [-0.25, -0.2) is 18.2 Å². The molecule has 1 aliphatic heterocycles. The lowest BCUT2D eigenvalue weighted by atomic mass is 9.76. The molecule has 0 spiro atoms. The number of carbonyl (C=O) groups excluding carboxylic acids is 2. The molecule has 200 valence electrons. The third kappa shape index (κ3) is 4.08. The highest BCUT2D eigenvalue weighted by atomic mass is 19.4. The van der Waals surface area contributed by atoms with Crippen molar-refractivity contribution in [2.45, 2.75) is 43.5 Å². The van der Waals surface area contributed by atoms with E-state index in [1.165, 1.54) is 6.07 Å². The zero-order chi connectivity index (χ0) is 27.6. The summed E-state index contributed by atoms with van der Waals surface area (Å²) in [4.78, 5) is 43.6. The maximum Gasteiger partial charge on any atom is 0.411 e. The van der Waals surface area contributed by atoms with E-state index in [4.69, 9.17) is 0 Å². The van der Waals surface area contributed by atoms with Crippen LogP contribution in [0.2, 0.25) is 0 Å². The number of pyridine rings is 2. The Bertz CT molecular complexity index is 1530. The van der Waals surface area contributed by atoms with Crippen molar-refractivity contribution < 1.29 is 41.0 Å². The quantitative estimate of drug-likeness (QED) is 0.495. The molecule has 2 N–H and O–H groups in total. The summed E-state index contributed by atoms with van der Waals surface area (Å²) in [5.41, 5.74) is -5.92. The molecule has 38 heavy (non-hydrogen) atoms. The summed E-state index contributed by atoms with van der Waals surface area (Å²) in [6.07, 6.45) is -6.04. The summed E-state index contributed by atoms with van der Waals surface area (Å²) in [5.74, 6) is -6.22. The fourth-order valence-corrected chi connectivity index (χ4v) is 4.64. The normalized spacial score (nSPS) is 19.1. The minimum absolute atomic E-state index is 0.0992. The topological polar surface area (TPSA) is 105 Å². The third-order valence-electron chi connectivity index (χ3n) is 6.79. The van der Waals surface area contributed by atoms with E-state index in [1.54, 1.807) is 0 Å². The maximum absolute atomic E-state index is 14.8. The lowest BCUT2D eigenvalue weighted by Gasteiger charge is -2.43. The van der Waals surface area contributed by atoms with Crippen LogP contribution in [0, 0.1) is 17.5 Å². The molecule has 2 fully saturated rings. The van der Waals surface area contributed by atoms with Crippen LogP contribution < -0.4 is 15.6 Å². The number of aliphatic hydroxyl groups is 1. The Hall–Kier alpha value is -3.94. The van der Waals surface area contributed by atoms with Gasteiger partial charge in [0.25, 0.3) is 5.91 Å². The fourth-order valence-electron chi connectivity index (χ4n) is 4.64. The predicted octanol–water partition coefficient (Wildman–Crippen LogP) is 3.12. The average molecular weight is 540 g/mol. The Morgan fingerprint density at radius 3 is 2.29 bits per heavy atom. The lowest BCUT2D eigenvalue weighted by Crippen LogP contribution is -2.63. The van der Waals surface area contributed by atoms with Gasteiger partial charge in [-0.05, 0) is 31.4 Å². The predicted molar refractivity (Wildman–Crippen MR) is 120 cm³/mol. The molecule has 14 heteroatoms. The van der Waals surface area contributed by atoms with Crippen LogP contribution in [0.25, 0.3) is 16.7 Å². The third-order valence-corrected chi connectivity index (χ3v) is 6.79. The van der Waals surface area contributed by atoms with E-state index in [2.05, 4.69) is 4.98 Å². The van der Waals surface area contributed by atoms with Gasteiger partial charge in [-0.1, -0.05) is 0 Å². The number of nitrogens with zero attached hydrogens (tertiary/aromatic N) is 3. The molecule has 1 saturated carbocycles. The number of rotatable bonds is 4. The summed E-state index contributed by atoms with van der Waals surface area (Å²) in [5, 5.41) is 11.2. The van der Waals surface area contributed by atoms with Crippen LogP contribution in [-0.4, -0.2) is 50.8 Å². The Balaban J connectivity index is 1.72. The lowest BCUT2D eigenvalue weighted by molar-refractivity contribution is -0.215. The van der Waals surface area contributed by atoms with Crippen LogP contribution in [0.5, 0.6) is 0 Å². The summed E-state index contributed by atoms with van der Waals surface area (Å²) in [7, 11) is 0. The number of benzene rings is 1. The van der Waals surface area contributed by atoms with Gasteiger partial charge >= 0.3 is 6.18 Å². The van der Waals surface area contributed by atoms with E-state index < -0.39 is 87.6 Å². The Morgan fingerprint density at radius 2 is 1.76 bits per heavy atom. The van der Waals surface area contributed by atoms with Crippen LogP contribution in [0.15, 0.2) is 35.3 Å². The van der Waals surface area contributed by atoms with E-state index in [9.17, 15) is 45.8 Å². The van der Waals surface area contributed by atoms with Crippen molar-refractivity contribution in [1.29, 1.82) is 0 Å². The SMILES string of the molecule is O=C(NC1(C(F)(F)F)CCC1)c1cn(-c2c(F)cc(F)cc2F)c2nc(N3CC(O)CC3=O)ccc2c1=O. The molecule has 0 bridgehead atoms. The van der Waals surface area contributed by atoms with Crippen LogP contribution in [0.4, 0.5) is 32.2 Å². The molecule has 1 aromatic carbocycles. The highest BCUT2D eigenvalue weighted by Gasteiger charge is 2.59. The van der Waals surface area contributed by atoms with E-state index in [1.807, 2.05) is 5.32 Å². The molecule has 1 aliphatic carbocycles. The number of halogens is 6. The van der Waals surface area contributed by atoms with Gasteiger partial charge in [-0.2, -0.15) is 13.2 Å². The molecule has 2 aliphatic rings. The van der Waals surface area contributed by atoms with Gasteiger partial charge in [0.15, 0.2) is 17.3 Å². The number of hydrogen-bond donors (Lipinski definition) is 2. The van der Waals surface area contributed by atoms with Crippen LogP contribution in [-0.2, 0) is 4.79 Å². The van der Waals surface area contributed by atoms with E-state index >= 15 is 0 Å². The number of nitrogens with one attached hydrogen (secondary N) is 1. The van der Waals surface area contributed by atoms with E-state index in [-0.39, 0.29) is 25.2 Å². The van der Waals surface area contributed by atoms with Crippen LogP contribution >= 0.6 is 0 Å². The average Bonchev–Trinajstić information content (AvgIpc) is 3.13. The number of anilines is 1. The zero-order valence-corrected chi connectivity index (χ0v) is 19.3. The second kappa shape index (κ2) is 8.82. The maximum atomic E-state index is 14.8. The first-order chi connectivity index (χ1) is 17.8. The van der Waals surface area contributed by atoms with Crippen molar-refractivity contribution in [2.75, 3.05) is 11.4 Å². The first-order valence-corrected chi connectivity index (χ1v) is 11.4. The smallest absolute Gasteiger partial charge is 0.391 e. The number of β-amino-alcohol motifs (C(OH)–C–C–N with tert-alkyl or cyclic N) is 1. The number of aliphatic hydroxyl groups excluding tert-OH is 1. The zero-order valence-electron chi connectivity index (χ0n) is 19.3. The van der Waals surface area contributed by atoms with E-state index in [0.29, 0.717) is 22.9 Å². The molecule has 0 radical (unpaired) electrons. The number of alkyl halides is 3. The molecule has 3 heterocycles. The first kappa shape index (κ1) is 25.7. The molecular weight excluding hydrogens is 522 g/mol. The number of carbonyl (C=O) groups is 2. The number of amides is 2. The molecule has 1 unspecified atom stereocenters. The Morgan fingerprint density at radius 1 is 1.11 bits per heavy atom. The van der Waals surface area contributed by atoms with Crippen molar-refractivity contribution in [3.05, 3.63) is 63.7 Å². The first-order valence-electron chi connectivity index (χ1n) is 11.4. The van der Waals surface area contributed by atoms with Crippen LogP contribution in [0.1, 0.15) is 36.0 Å². The summed E-state index contributed by atoms with van der Waals surface area (Å²) in [6.45, 7) is -0.152. The van der Waals surface area contributed by atoms with Crippen molar-refractivity contribution in [2.24, 2.45) is 0 Å². The van der Waals surface area contributed by atoms with Gasteiger partial charge in [-0.15, -0.1) is 0 Å². The Labute approximate surface area is 209 Å². The van der Waals surface area contributed by atoms with Crippen molar-refractivity contribution in [3.8, 4) is 5.69 Å². The summed E-state index contributed by atoms with van der Waals surface area (Å²) in [6, 6.07) is 2.94. The molecule has 1 saturated heterocycles. The number of hydrogen-bond acceptors (Lipinski definition) is 5. The molecule has 3 aromatic rings. The van der Waals surface area contributed by atoms with Gasteiger partial charge in [0.05, 0.1) is 24.5 Å². The molecular formula is C24H18F6N4O4. The van der Waals surface area contributed by atoms with E-state index in [0.717, 1.165) is 11.0 Å². The van der Waals surface area contributed by atoms with Crippen molar-refractivity contribution in [3.63, 3.8) is 0 Å². The standard InChI is InChI=1S/C24H18F6N4O4/c25-11-6-15(26)19(16(27)7-11)34-10-14(22(38)32-23(4-1-5-23)24(28,29)30)20(37)13-2-3-17(31-21(13)34)33-9-12(35)8-18(33)36/h2-3,6-7,10,12,35H,1,4-5,8-9H2,(H,32,38). The van der Waals surface area contributed by atoms with Crippen LogP contribution in [0.3, 0.4) is 0 Å². The number of aromatic nitrogens is 2. The molecule has 5 rings (SSSR count). The van der Waals surface area contributed by atoms with Crippen molar-refractivity contribution >= 4 is 28.7 Å². The second-order valence-electron chi connectivity index (χ2n) is 9.25. The number of fused-ring (bicyclic) bond motifs is 1. The summed E-state index contributed by atoms with van der Waals surface area (Å²) < 4.78 is 84.7. The molecule has 1 atom stereocenters. The van der Waals surface area contributed by atoms with Gasteiger partial charge in [0.1, 0.15) is 28.4 Å². The molecule has 2 aromatic heterocycles. The minimum Gasteiger partial charge on any atom is -0.391 e. The van der Waals surface area contributed by atoms with Gasteiger partial charge in [-0.3, -0.25) is 23.9 Å².